The Balaban J connectivity index is 1.89. The molecular weight excluding hydrogens is 241 g/mol. The lowest BCUT2D eigenvalue weighted by Gasteiger charge is -2.02. The van der Waals surface area contributed by atoms with Crippen LogP contribution in [-0.4, -0.2) is 5.75 Å². The molecule has 0 spiro atoms. The van der Waals surface area contributed by atoms with Gasteiger partial charge in [-0.1, -0.05) is 6.07 Å². The van der Waals surface area contributed by atoms with Crippen LogP contribution in [0.2, 0.25) is 0 Å². The van der Waals surface area contributed by atoms with Crippen molar-refractivity contribution in [3.8, 4) is 0 Å². The maximum atomic E-state index is 13.0. The molecule has 0 aliphatic rings. The molecule has 1 nitrogen and oxygen atoms in total. The third kappa shape index (κ3) is 3.25. The molecule has 2 rings (SSSR count). The zero-order chi connectivity index (χ0) is 11.4. The summed E-state index contributed by atoms with van der Waals surface area (Å²) >= 11 is 3.39. The lowest BCUT2D eigenvalue weighted by atomic mass is 10.3. The van der Waals surface area contributed by atoms with Gasteiger partial charge in [-0.3, -0.25) is 0 Å². The van der Waals surface area contributed by atoms with Gasteiger partial charge in [0.2, 0.25) is 0 Å². The largest absolute Gasteiger partial charge is 0.399 e. The molecule has 1 heterocycles. The van der Waals surface area contributed by atoms with E-state index in [0.29, 0.717) is 5.69 Å². The van der Waals surface area contributed by atoms with Gasteiger partial charge >= 0.3 is 0 Å². The number of thiophene rings is 1. The van der Waals surface area contributed by atoms with E-state index in [-0.39, 0.29) is 5.82 Å². The van der Waals surface area contributed by atoms with E-state index in [9.17, 15) is 4.39 Å². The summed E-state index contributed by atoms with van der Waals surface area (Å²) in [7, 11) is 0. The highest BCUT2D eigenvalue weighted by molar-refractivity contribution is 7.99. The molecule has 1 aromatic heterocycles. The number of nitrogen functional groups attached to an aromatic ring is 1. The monoisotopic (exact) mass is 253 g/mol. The van der Waals surface area contributed by atoms with Crippen molar-refractivity contribution in [1.82, 2.24) is 0 Å². The van der Waals surface area contributed by atoms with Gasteiger partial charge in [0.25, 0.3) is 0 Å². The zero-order valence-electron chi connectivity index (χ0n) is 8.65. The third-order valence-corrected chi connectivity index (χ3v) is 4.00. The number of hydrogen-bond donors (Lipinski definition) is 1. The van der Waals surface area contributed by atoms with Crippen molar-refractivity contribution in [2.75, 3.05) is 11.5 Å². The lowest BCUT2D eigenvalue weighted by molar-refractivity contribution is 0.625. The van der Waals surface area contributed by atoms with Crippen molar-refractivity contribution >= 4 is 28.8 Å². The molecule has 0 aliphatic carbocycles. The first-order chi connectivity index (χ1) is 7.74. The fourth-order valence-electron chi connectivity index (χ4n) is 1.39. The maximum Gasteiger partial charge on any atom is 0.126 e. The Hall–Kier alpha value is -1.00. The van der Waals surface area contributed by atoms with Gasteiger partial charge in [0.15, 0.2) is 0 Å². The molecule has 0 bridgehead atoms. The summed E-state index contributed by atoms with van der Waals surface area (Å²) < 4.78 is 13.0. The number of benzene rings is 1. The van der Waals surface area contributed by atoms with E-state index in [4.69, 9.17) is 5.73 Å². The lowest BCUT2D eigenvalue weighted by Crippen LogP contribution is -1.89. The molecule has 84 valence electrons. The Morgan fingerprint density at radius 1 is 1.31 bits per heavy atom. The topological polar surface area (TPSA) is 26.0 Å². The Morgan fingerprint density at radius 2 is 2.19 bits per heavy atom. The third-order valence-electron chi connectivity index (χ3n) is 2.09. The number of thioether (sulfide) groups is 1. The first kappa shape index (κ1) is 11.5. The summed E-state index contributed by atoms with van der Waals surface area (Å²) in [4.78, 5) is 2.26. The van der Waals surface area contributed by atoms with Crippen LogP contribution in [0.25, 0.3) is 0 Å². The number of hydrogen-bond acceptors (Lipinski definition) is 3. The fraction of sp³-hybridized carbons (Fsp3) is 0.167. The van der Waals surface area contributed by atoms with E-state index < -0.39 is 0 Å². The van der Waals surface area contributed by atoms with Gasteiger partial charge in [0.05, 0.1) is 0 Å². The minimum Gasteiger partial charge on any atom is -0.399 e. The van der Waals surface area contributed by atoms with E-state index in [1.54, 1.807) is 23.1 Å². The van der Waals surface area contributed by atoms with Crippen LogP contribution in [0.1, 0.15) is 4.88 Å². The predicted molar refractivity (Wildman–Crippen MR) is 69.6 cm³/mol. The van der Waals surface area contributed by atoms with Crippen LogP contribution in [0.4, 0.5) is 10.1 Å². The number of halogens is 1. The summed E-state index contributed by atoms with van der Waals surface area (Å²) in [6.45, 7) is 0. The van der Waals surface area contributed by atoms with Gasteiger partial charge in [-0.05, 0) is 36.1 Å². The second kappa shape index (κ2) is 5.37. The molecule has 0 radical (unpaired) electrons. The van der Waals surface area contributed by atoms with Crippen LogP contribution in [0.15, 0.2) is 40.6 Å². The van der Waals surface area contributed by atoms with E-state index in [2.05, 4.69) is 11.4 Å². The van der Waals surface area contributed by atoms with Crippen LogP contribution >= 0.6 is 23.1 Å². The highest BCUT2D eigenvalue weighted by Gasteiger charge is 2.00. The van der Waals surface area contributed by atoms with Crippen molar-refractivity contribution in [3.05, 3.63) is 46.4 Å². The molecule has 0 aliphatic heterocycles. The molecule has 4 heteroatoms. The number of nitrogens with two attached hydrogens (primary N) is 1. The molecule has 2 N–H and O–H groups in total. The van der Waals surface area contributed by atoms with E-state index in [1.807, 2.05) is 12.1 Å². The number of rotatable bonds is 4. The molecule has 0 atom stereocenters. The van der Waals surface area contributed by atoms with Crippen LogP contribution < -0.4 is 5.73 Å². The first-order valence-electron chi connectivity index (χ1n) is 4.95. The molecule has 1 aromatic carbocycles. The Morgan fingerprint density at radius 3 is 2.88 bits per heavy atom. The second-order valence-corrected chi connectivity index (χ2v) is 5.60. The van der Waals surface area contributed by atoms with Crippen molar-refractivity contribution in [3.63, 3.8) is 0 Å². The Bertz CT molecular complexity index is 434. The normalized spacial score (nSPS) is 10.6. The number of aryl methyl sites for hydroxylation is 1. The smallest absolute Gasteiger partial charge is 0.126 e. The van der Waals surface area contributed by atoms with Crippen LogP contribution in [0.5, 0.6) is 0 Å². The second-order valence-electron chi connectivity index (χ2n) is 3.40. The minimum absolute atomic E-state index is 0.265. The molecule has 0 saturated carbocycles. The minimum atomic E-state index is -0.265. The molecule has 0 amide bonds. The highest BCUT2D eigenvalue weighted by atomic mass is 32.2. The van der Waals surface area contributed by atoms with Crippen molar-refractivity contribution in [2.45, 2.75) is 11.3 Å². The maximum absolute atomic E-state index is 13.0. The molecule has 0 saturated heterocycles. The summed E-state index contributed by atoms with van der Waals surface area (Å²) in [5.41, 5.74) is 6.06. The quantitative estimate of drug-likeness (QED) is 0.662. The molecule has 0 unspecified atom stereocenters. The van der Waals surface area contributed by atoms with Gasteiger partial charge in [-0.2, -0.15) is 0 Å². The summed E-state index contributed by atoms with van der Waals surface area (Å²) in [5, 5.41) is 2.07. The van der Waals surface area contributed by atoms with Crippen molar-refractivity contribution in [1.29, 1.82) is 0 Å². The molecular formula is C12H12FNS2. The van der Waals surface area contributed by atoms with Crippen LogP contribution in [0.3, 0.4) is 0 Å². The van der Waals surface area contributed by atoms with E-state index >= 15 is 0 Å². The van der Waals surface area contributed by atoms with Gasteiger partial charge in [0, 0.05) is 21.2 Å². The van der Waals surface area contributed by atoms with Gasteiger partial charge in [0.1, 0.15) is 5.82 Å². The molecule has 0 fully saturated rings. The first-order valence-corrected chi connectivity index (χ1v) is 6.82. The standard InChI is InChI=1S/C12H12FNS2/c13-9-6-10(14)8-12(7-9)16-5-3-11-2-1-4-15-11/h1-2,4,6-8H,3,5,14H2. The van der Waals surface area contributed by atoms with E-state index in [0.717, 1.165) is 17.1 Å². The Kier molecular flexibility index (Phi) is 3.85. The average molecular weight is 253 g/mol. The zero-order valence-corrected chi connectivity index (χ0v) is 10.3. The predicted octanol–water partition coefficient (Wildman–Crippen LogP) is 3.80. The van der Waals surface area contributed by atoms with Crippen molar-refractivity contribution < 1.29 is 4.39 Å². The van der Waals surface area contributed by atoms with E-state index in [1.165, 1.54) is 17.0 Å². The number of anilines is 1. The Labute approximate surface area is 102 Å². The van der Waals surface area contributed by atoms with Gasteiger partial charge < -0.3 is 5.73 Å². The fourth-order valence-corrected chi connectivity index (χ4v) is 3.20. The van der Waals surface area contributed by atoms with Crippen LogP contribution in [0, 0.1) is 5.82 Å². The summed E-state index contributed by atoms with van der Waals surface area (Å²) in [6.07, 6.45) is 1.01. The highest BCUT2D eigenvalue weighted by Crippen LogP contribution is 2.23. The SMILES string of the molecule is Nc1cc(F)cc(SCCc2cccs2)c1. The average Bonchev–Trinajstić information content (AvgIpc) is 2.69. The summed E-state index contributed by atoms with van der Waals surface area (Å²) in [5.74, 6) is 0.683. The molecule has 16 heavy (non-hydrogen) atoms. The molecule has 2 aromatic rings. The summed E-state index contributed by atoms with van der Waals surface area (Å²) in [6, 6.07) is 8.83. The van der Waals surface area contributed by atoms with Crippen molar-refractivity contribution in [2.24, 2.45) is 0 Å². The van der Waals surface area contributed by atoms with Crippen LogP contribution in [-0.2, 0) is 6.42 Å². The van der Waals surface area contributed by atoms with Gasteiger partial charge in [-0.15, -0.1) is 23.1 Å². The van der Waals surface area contributed by atoms with Gasteiger partial charge in [-0.25, -0.2) is 4.39 Å².